The summed E-state index contributed by atoms with van der Waals surface area (Å²) in [6, 6.07) is 0.560. The van der Waals surface area contributed by atoms with Crippen LogP contribution in [0, 0.1) is 0 Å². The van der Waals surface area contributed by atoms with Crippen molar-refractivity contribution in [1.82, 2.24) is 9.88 Å². The molecule has 1 atom stereocenters. The van der Waals surface area contributed by atoms with Gasteiger partial charge in [-0.3, -0.25) is 4.79 Å². The number of carboxylic acids is 1. The Kier molecular flexibility index (Phi) is 6.04. The number of aromatic nitrogens is 1. The molecule has 1 aromatic rings. The lowest BCUT2D eigenvalue weighted by Crippen LogP contribution is -2.42. The summed E-state index contributed by atoms with van der Waals surface area (Å²) < 4.78 is 2.53. The summed E-state index contributed by atoms with van der Waals surface area (Å²) in [6.07, 6.45) is 2.62. The van der Waals surface area contributed by atoms with Crippen LogP contribution in [0.15, 0.2) is 16.7 Å². The van der Waals surface area contributed by atoms with E-state index in [1.54, 1.807) is 16.8 Å². The highest BCUT2D eigenvalue weighted by atomic mass is 79.9. The maximum absolute atomic E-state index is 12.0. The van der Waals surface area contributed by atoms with Crippen molar-refractivity contribution in [2.45, 2.75) is 32.4 Å². The molecule has 0 saturated carbocycles. The summed E-state index contributed by atoms with van der Waals surface area (Å²) in [5.41, 5.74) is 0.401. The van der Waals surface area contributed by atoms with Gasteiger partial charge in [-0.15, -0.1) is 0 Å². The molecule has 1 aromatic heterocycles. The number of nitrogens with one attached hydrogen (secondary N) is 1. The van der Waals surface area contributed by atoms with E-state index >= 15 is 0 Å². The van der Waals surface area contributed by atoms with Gasteiger partial charge in [0, 0.05) is 30.2 Å². The number of nitrogens with zero attached hydrogens (tertiary/aromatic N) is 1. The molecule has 0 spiro atoms. The van der Waals surface area contributed by atoms with Crippen molar-refractivity contribution >= 4 is 27.8 Å². The molecule has 3 N–H and O–H groups in total. The van der Waals surface area contributed by atoms with Gasteiger partial charge < -0.3 is 20.1 Å². The molecule has 0 saturated heterocycles. The maximum atomic E-state index is 12.0. The normalized spacial score (nSPS) is 12.2. The third-order valence-electron chi connectivity index (χ3n) is 2.58. The Morgan fingerprint density at radius 2 is 2.21 bits per heavy atom. The van der Waals surface area contributed by atoms with Crippen molar-refractivity contribution in [2.75, 3.05) is 6.61 Å². The summed E-state index contributed by atoms with van der Waals surface area (Å²) in [5, 5.41) is 20.1. The molecular formula is C12H17BrN2O4. The van der Waals surface area contributed by atoms with Crippen molar-refractivity contribution in [3.63, 3.8) is 0 Å². The van der Waals surface area contributed by atoms with Crippen LogP contribution in [-0.4, -0.2) is 39.3 Å². The molecule has 6 nitrogen and oxygen atoms in total. The molecule has 1 amide bonds. The second-order valence-electron chi connectivity index (χ2n) is 4.11. The minimum Gasteiger partial charge on any atom is -0.480 e. The minimum atomic E-state index is -1.16. The lowest BCUT2D eigenvalue weighted by atomic mass is 10.2. The van der Waals surface area contributed by atoms with Crippen LogP contribution in [0.5, 0.6) is 0 Å². The SMILES string of the molecule is CCCn1cc(Br)cc1C(=O)NC(CCO)C(=O)O. The van der Waals surface area contributed by atoms with Crippen LogP contribution < -0.4 is 5.32 Å². The van der Waals surface area contributed by atoms with E-state index in [1.807, 2.05) is 6.92 Å². The van der Waals surface area contributed by atoms with E-state index in [9.17, 15) is 9.59 Å². The van der Waals surface area contributed by atoms with Crippen molar-refractivity contribution in [1.29, 1.82) is 0 Å². The largest absolute Gasteiger partial charge is 0.480 e. The molecule has 0 aromatic carbocycles. The number of amides is 1. The predicted octanol–water partition coefficient (Wildman–Crippen LogP) is 1.23. The number of aliphatic hydroxyl groups is 1. The van der Waals surface area contributed by atoms with Crippen LogP contribution in [-0.2, 0) is 11.3 Å². The minimum absolute atomic E-state index is 0.0171. The van der Waals surface area contributed by atoms with E-state index < -0.39 is 17.9 Å². The van der Waals surface area contributed by atoms with E-state index in [2.05, 4.69) is 21.2 Å². The number of carboxylic acid groups (broad SMARTS) is 1. The smallest absolute Gasteiger partial charge is 0.326 e. The Morgan fingerprint density at radius 1 is 1.53 bits per heavy atom. The summed E-state index contributed by atoms with van der Waals surface area (Å²) in [4.78, 5) is 23.0. The second kappa shape index (κ2) is 7.30. The van der Waals surface area contributed by atoms with Crippen molar-refractivity contribution < 1.29 is 19.8 Å². The molecular weight excluding hydrogens is 316 g/mol. The van der Waals surface area contributed by atoms with Crippen LogP contribution in [0.1, 0.15) is 30.3 Å². The summed E-state index contributed by atoms with van der Waals surface area (Å²) in [5.74, 6) is -1.62. The molecule has 1 unspecified atom stereocenters. The average molecular weight is 333 g/mol. The van der Waals surface area contributed by atoms with Gasteiger partial charge in [-0.25, -0.2) is 4.79 Å². The molecule has 0 fully saturated rings. The third kappa shape index (κ3) is 4.36. The molecule has 0 radical (unpaired) electrons. The molecule has 0 bridgehead atoms. The fourth-order valence-corrected chi connectivity index (χ4v) is 2.17. The van der Waals surface area contributed by atoms with Crippen LogP contribution in [0.3, 0.4) is 0 Å². The van der Waals surface area contributed by atoms with E-state index in [1.165, 1.54) is 0 Å². The molecule has 0 aliphatic heterocycles. The summed E-state index contributed by atoms with van der Waals surface area (Å²) in [6.45, 7) is 2.37. The Labute approximate surface area is 119 Å². The zero-order chi connectivity index (χ0) is 14.4. The first-order valence-electron chi connectivity index (χ1n) is 5.99. The van der Waals surface area contributed by atoms with Crippen LogP contribution >= 0.6 is 15.9 Å². The zero-order valence-corrected chi connectivity index (χ0v) is 12.2. The van der Waals surface area contributed by atoms with Gasteiger partial charge in [-0.2, -0.15) is 0 Å². The summed E-state index contributed by atoms with van der Waals surface area (Å²) >= 11 is 3.29. The number of aliphatic hydroxyl groups excluding tert-OH is 1. The highest BCUT2D eigenvalue weighted by Gasteiger charge is 2.22. The van der Waals surface area contributed by atoms with Crippen molar-refractivity contribution in [3.05, 3.63) is 22.4 Å². The van der Waals surface area contributed by atoms with Gasteiger partial charge >= 0.3 is 5.97 Å². The number of aryl methyl sites for hydroxylation is 1. The Hall–Kier alpha value is -1.34. The number of aliphatic carboxylic acids is 1. The Morgan fingerprint density at radius 3 is 2.74 bits per heavy atom. The van der Waals surface area contributed by atoms with Gasteiger partial charge in [0.25, 0.3) is 5.91 Å². The van der Waals surface area contributed by atoms with E-state index in [4.69, 9.17) is 10.2 Å². The van der Waals surface area contributed by atoms with Gasteiger partial charge in [0.1, 0.15) is 11.7 Å². The van der Waals surface area contributed by atoms with E-state index in [0.29, 0.717) is 12.2 Å². The van der Waals surface area contributed by atoms with Crippen molar-refractivity contribution in [3.8, 4) is 0 Å². The monoisotopic (exact) mass is 332 g/mol. The van der Waals surface area contributed by atoms with Gasteiger partial charge in [-0.1, -0.05) is 6.92 Å². The fourth-order valence-electron chi connectivity index (χ4n) is 1.71. The van der Waals surface area contributed by atoms with Crippen molar-refractivity contribution in [2.24, 2.45) is 0 Å². The topological polar surface area (TPSA) is 91.6 Å². The first-order valence-corrected chi connectivity index (χ1v) is 6.79. The molecule has 1 rings (SSSR count). The maximum Gasteiger partial charge on any atom is 0.326 e. The Bertz CT molecular complexity index is 459. The van der Waals surface area contributed by atoms with E-state index in [-0.39, 0.29) is 13.0 Å². The fraction of sp³-hybridized carbons (Fsp3) is 0.500. The van der Waals surface area contributed by atoms with Gasteiger partial charge in [0.05, 0.1) is 0 Å². The number of halogens is 1. The molecule has 7 heteroatoms. The van der Waals surface area contributed by atoms with Crippen LogP contribution in [0.4, 0.5) is 0 Å². The number of hydrogen-bond donors (Lipinski definition) is 3. The highest BCUT2D eigenvalue weighted by molar-refractivity contribution is 9.10. The van der Waals surface area contributed by atoms with Gasteiger partial charge in [0.15, 0.2) is 0 Å². The van der Waals surface area contributed by atoms with Crippen LogP contribution in [0.25, 0.3) is 0 Å². The highest BCUT2D eigenvalue weighted by Crippen LogP contribution is 2.15. The van der Waals surface area contributed by atoms with Gasteiger partial charge in [0.2, 0.25) is 0 Å². The standard InChI is InChI=1S/C12H17BrN2O4/c1-2-4-15-7-8(13)6-10(15)11(17)14-9(3-5-16)12(18)19/h6-7,9,16H,2-5H2,1H3,(H,14,17)(H,18,19). The number of hydrogen-bond acceptors (Lipinski definition) is 3. The predicted molar refractivity (Wildman–Crippen MR) is 73.0 cm³/mol. The quantitative estimate of drug-likeness (QED) is 0.700. The van der Waals surface area contributed by atoms with Crippen LogP contribution in [0.2, 0.25) is 0 Å². The molecule has 0 aliphatic rings. The number of rotatable bonds is 7. The zero-order valence-electron chi connectivity index (χ0n) is 10.6. The third-order valence-corrected chi connectivity index (χ3v) is 3.02. The lowest BCUT2D eigenvalue weighted by molar-refractivity contribution is -0.139. The van der Waals surface area contributed by atoms with Gasteiger partial charge in [-0.05, 0) is 28.4 Å². The molecule has 106 valence electrons. The lowest BCUT2D eigenvalue weighted by Gasteiger charge is -2.14. The van der Waals surface area contributed by atoms with E-state index in [0.717, 1.165) is 10.9 Å². The summed E-state index contributed by atoms with van der Waals surface area (Å²) in [7, 11) is 0. The number of carbonyl (C=O) groups is 2. The first-order chi connectivity index (χ1) is 8.99. The Balaban J connectivity index is 2.84. The average Bonchev–Trinajstić information content (AvgIpc) is 2.70. The molecule has 19 heavy (non-hydrogen) atoms. The molecule has 1 heterocycles. The second-order valence-corrected chi connectivity index (χ2v) is 5.03. The first kappa shape index (κ1) is 15.7. The number of carbonyl (C=O) groups excluding carboxylic acids is 1. The molecule has 0 aliphatic carbocycles.